The minimum atomic E-state index is -0.261. The highest BCUT2D eigenvalue weighted by molar-refractivity contribution is 6.30. The molecule has 0 bridgehead atoms. The molecule has 1 unspecified atom stereocenters. The van der Waals surface area contributed by atoms with E-state index < -0.39 is 0 Å². The van der Waals surface area contributed by atoms with Crippen LogP contribution in [0.2, 0.25) is 5.02 Å². The van der Waals surface area contributed by atoms with Crippen molar-refractivity contribution < 1.29 is 14.3 Å². The van der Waals surface area contributed by atoms with Crippen LogP contribution in [-0.4, -0.2) is 49.1 Å². The van der Waals surface area contributed by atoms with Gasteiger partial charge in [-0.25, -0.2) is 0 Å². The second kappa shape index (κ2) is 8.68. The fraction of sp³-hybridized carbons (Fsp3) is 0.579. The van der Waals surface area contributed by atoms with Crippen LogP contribution in [0.15, 0.2) is 24.3 Å². The summed E-state index contributed by atoms with van der Waals surface area (Å²) in [7, 11) is 0. The first kappa shape index (κ1) is 18.2. The molecule has 6 heteroatoms. The maximum Gasteiger partial charge on any atom is 0.251 e. The number of amides is 2. The summed E-state index contributed by atoms with van der Waals surface area (Å²) < 4.78 is 5.47. The van der Waals surface area contributed by atoms with E-state index >= 15 is 0 Å². The van der Waals surface area contributed by atoms with Gasteiger partial charge in [0.2, 0.25) is 5.91 Å². The predicted octanol–water partition coefficient (Wildman–Crippen LogP) is 2.42. The maximum atomic E-state index is 12.3. The molecule has 1 aromatic rings. The van der Waals surface area contributed by atoms with Gasteiger partial charge in [0.15, 0.2) is 0 Å². The second-order valence-corrected chi connectivity index (χ2v) is 7.21. The average molecular weight is 365 g/mol. The molecular formula is C19H25ClN2O3. The van der Waals surface area contributed by atoms with Gasteiger partial charge < -0.3 is 15.0 Å². The first-order valence-electron chi connectivity index (χ1n) is 9.06. The van der Waals surface area contributed by atoms with Crippen molar-refractivity contribution in [2.45, 2.75) is 38.2 Å². The molecule has 2 saturated heterocycles. The van der Waals surface area contributed by atoms with Gasteiger partial charge in [-0.3, -0.25) is 9.59 Å². The Morgan fingerprint density at radius 1 is 1.24 bits per heavy atom. The molecule has 1 N–H and O–H groups in total. The number of ether oxygens (including phenoxy) is 1. The fourth-order valence-electron chi connectivity index (χ4n) is 3.50. The molecule has 2 heterocycles. The van der Waals surface area contributed by atoms with E-state index in [2.05, 4.69) is 5.32 Å². The highest BCUT2D eigenvalue weighted by Crippen LogP contribution is 2.21. The summed E-state index contributed by atoms with van der Waals surface area (Å²) in [5.74, 6) is 0.177. The number of nitrogens with one attached hydrogen (secondary N) is 1. The van der Waals surface area contributed by atoms with Crippen molar-refractivity contribution in [2.75, 3.05) is 26.2 Å². The maximum absolute atomic E-state index is 12.3. The Balaban J connectivity index is 1.38. The first-order valence-corrected chi connectivity index (χ1v) is 9.44. The number of benzene rings is 1. The molecule has 5 nitrogen and oxygen atoms in total. The van der Waals surface area contributed by atoms with E-state index in [1.807, 2.05) is 29.2 Å². The summed E-state index contributed by atoms with van der Waals surface area (Å²) in [6, 6.07) is 7.69. The lowest BCUT2D eigenvalue weighted by Gasteiger charge is -2.32. The van der Waals surface area contributed by atoms with Gasteiger partial charge in [0.05, 0.1) is 0 Å². The molecule has 0 aromatic heterocycles. The summed E-state index contributed by atoms with van der Waals surface area (Å²) in [6.45, 7) is 2.58. The molecule has 2 aliphatic heterocycles. The second-order valence-electron chi connectivity index (χ2n) is 6.77. The van der Waals surface area contributed by atoms with Crippen LogP contribution in [-0.2, 0) is 20.7 Å². The zero-order chi connectivity index (χ0) is 17.6. The molecule has 1 atom stereocenters. The molecule has 0 spiro atoms. The predicted molar refractivity (Wildman–Crippen MR) is 96.4 cm³/mol. The molecule has 2 amide bonds. The van der Waals surface area contributed by atoms with Crippen molar-refractivity contribution in [3.05, 3.63) is 34.9 Å². The van der Waals surface area contributed by atoms with Gasteiger partial charge in [0, 0.05) is 37.2 Å². The lowest BCUT2D eigenvalue weighted by molar-refractivity contribution is -0.143. The Morgan fingerprint density at radius 2 is 2.04 bits per heavy atom. The normalized spacial score (nSPS) is 21.3. The standard InChI is InChI=1S/C19H25ClN2O3/c20-16-4-1-3-14(13-16)6-9-21-18(23)15-7-10-22(11-8-15)19(24)17-5-2-12-25-17/h1,3-4,13,15,17H,2,5-12H2,(H,21,23). The van der Waals surface area contributed by atoms with Crippen molar-refractivity contribution in [1.82, 2.24) is 10.2 Å². The average Bonchev–Trinajstić information content (AvgIpc) is 3.16. The molecule has 25 heavy (non-hydrogen) atoms. The molecule has 2 fully saturated rings. The van der Waals surface area contributed by atoms with Gasteiger partial charge in [-0.15, -0.1) is 0 Å². The molecule has 1 aromatic carbocycles. The smallest absolute Gasteiger partial charge is 0.251 e. The van der Waals surface area contributed by atoms with Crippen LogP contribution < -0.4 is 5.32 Å². The third-order valence-corrected chi connectivity index (χ3v) is 5.22. The highest BCUT2D eigenvalue weighted by Gasteiger charge is 2.32. The van der Waals surface area contributed by atoms with Crippen molar-refractivity contribution in [2.24, 2.45) is 5.92 Å². The summed E-state index contributed by atoms with van der Waals surface area (Å²) in [5.41, 5.74) is 1.12. The van der Waals surface area contributed by atoms with Gasteiger partial charge in [-0.2, -0.15) is 0 Å². The molecular weight excluding hydrogens is 340 g/mol. The number of hydrogen-bond donors (Lipinski definition) is 1. The number of piperidine rings is 1. The highest BCUT2D eigenvalue weighted by atomic mass is 35.5. The number of halogens is 1. The van der Waals surface area contributed by atoms with E-state index in [-0.39, 0.29) is 23.8 Å². The van der Waals surface area contributed by atoms with Crippen molar-refractivity contribution >= 4 is 23.4 Å². The lowest BCUT2D eigenvalue weighted by atomic mass is 9.95. The van der Waals surface area contributed by atoms with Crippen LogP contribution in [0.1, 0.15) is 31.2 Å². The first-order chi connectivity index (χ1) is 12.1. The number of carbonyl (C=O) groups excluding carboxylic acids is 2. The van der Waals surface area contributed by atoms with Crippen LogP contribution in [0.5, 0.6) is 0 Å². The topological polar surface area (TPSA) is 58.6 Å². The van der Waals surface area contributed by atoms with Crippen LogP contribution in [0.4, 0.5) is 0 Å². The zero-order valence-corrected chi connectivity index (χ0v) is 15.1. The fourth-order valence-corrected chi connectivity index (χ4v) is 3.72. The Morgan fingerprint density at radius 3 is 2.72 bits per heavy atom. The number of hydrogen-bond acceptors (Lipinski definition) is 3. The van der Waals surface area contributed by atoms with Crippen LogP contribution in [0, 0.1) is 5.92 Å². The quantitative estimate of drug-likeness (QED) is 0.872. The summed E-state index contributed by atoms with van der Waals surface area (Å²) in [6.07, 6.45) is 3.74. The van der Waals surface area contributed by atoms with Crippen LogP contribution in [0.25, 0.3) is 0 Å². The zero-order valence-electron chi connectivity index (χ0n) is 14.4. The number of likely N-dealkylation sites (tertiary alicyclic amines) is 1. The lowest BCUT2D eigenvalue weighted by Crippen LogP contribution is -2.46. The Hall–Kier alpha value is -1.59. The van der Waals surface area contributed by atoms with Gasteiger partial charge in [0.1, 0.15) is 6.10 Å². The monoisotopic (exact) mass is 364 g/mol. The van der Waals surface area contributed by atoms with Crippen molar-refractivity contribution in [3.63, 3.8) is 0 Å². The summed E-state index contributed by atoms with van der Waals surface area (Å²) >= 11 is 5.97. The SMILES string of the molecule is O=C(NCCc1cccc(Cl)c1)C1CCN(C(=O)C2CCCO2)CC1. The van der Waals surface area contributed by atoms with Gasteiger partial charge in [-0.1, -0.05) is 23.7 Å². The number of nitrogens with zero attached hydrogens (tertiary/aromatic N) is 1. The third kappa shape index (κ3) is 4.95. The van der Waals surface area contributed by atoms with E-state index in [1.54, 1.807) is 0 Å². The number of rotatable bonds is 5. The molecule has 0 radical (unpaired) electrons. The van der Waals surface area contributed by atoms with E-state index in [1.165, 1.54) is 0 Å². The van der Waals surface area contributed by atoms with E-state index in [0.29, 0.717) is 31.3 Å². The molecule has 3 rings (SSSR count). The molecule has 0 aliphatic carbocycles. The number of carbonyl (C=O) groups is 2. The van der Waals surface area contributed by atoms with E-state index in [4.69, 9.17) is 16.3 Å². The van der Waals surface area contributed by atoms with Crippen molar-refractivity contribution in [3.8, 4) is 0 Å². The molecule has 0 saturated carbocycles. The van der Waals surface area contributed by atoms with Crippen LogP contribution >= 0.6 is 11.6 Å². The molecule has 136 valence electrons. The Kier molecular flexibility index (Phi) is 6.32. The largest absolute Gasteiger partial charge is 0.368 e. The molecule has 2 aliphatic rings. The summed E-state index contributed by atoms with van der Waals surface area (Å²) in [4.78, 5) is 26.5. The van der Waals surface area contributed by atoms with Gasteiger partial charge >= 0.3 is 0 Å². The Bertz CT molecular complexity index is 608. The van der Waals surface area contributed by atoms with Crippen molar-refractivity contribution in [1.29, 1.82) is 0 Å². The van der Waals surface area contributed by atoms with Gasteiger partial charge in [-0.05, 0) is 49.8 Å². The minimum Gasteiger partial charge on any atom is -0.368 e. The van der Waals surface area contributed by atoms with E-state index in [0.717, 1.165) is 37.7 Å². The van der Waals surface area contributed by atoms with Gasteiger partial charge in [0.25, 0.3) is 5.91 Å². The summed E-state index contributed by atoms with van der Waals surface area (Å²) in [5, 5.41) is 3.72. The third-order valence-electron chi connectivity index (χ3n) is 4.98. The minimum absolute atomic E-state index is 0.00657. The Labute approximate surface area is 153 Å². The van der Waals surface area contributed by atoms with Crippen LogP contribution in [0.3, 0.4) is 0 Å². The van der Waals surface area contributed by atoms with E-state index in [9.17, 15) is 9.59 Å².